The lowest BCUT2D eigenvalue weighted by Crippen LogP contribution is -2.52. The Morgan fingerprint density at radius 3 is 2.48 bits per heavy atom. The third kappa shape index (κ3) is 4.06. The Kier molecular flexibility index (Phi) is 5.39. The Morgan fingerprint density at radius 2 is 2.00 bits per heavy atom. The van der Waals surface area contributed by atoms with Crippen molar-refractivity contribution in [1.82, 2.24) is 10.2 Å². The summed E-state index contributed by atoms with van der Waals surface area (Å²) >= 11 is 0. The summed E-state index contributed by atoms with van der Waals surface area (Å²) in [6.45, 7) is 9.16. The molecule has 1 aromatic carbocycles. The lowest BCUT2D eigenvalue weighted by atomic mass is 9.90. The van der Waals surface area contributed by atoms with E-state index >= 15 is 0 Å². The summed E-state index contributed by atoms with van der Waals surface area (Å²) in [4.78, 5) is 2.45. The van der Waals surface area contributed by atoms with Crippen LogP contribution in [0.1, 0.15) is 39.2 Å². The van der Waals surface area contributed by atoms with Crippen LogP contribution in [0.4, 0.5) is 0 Å². The van der Waals surface area contributed by atoms with Crippen LogP contribution in [0.3, 0.4) is 0 Å². The zero-order chi connectivity index (χ0) is 15.3. The molecule has 1 atom stereocenters. The van der Waals surface area contributed by atoms with Crippen LogP contribution < -0.4 is 5.32 Å². The van der Waals surface area contributed by atoms with Crippen LogP contribution in [0.5, 0.6) is 0 Å². The van der Waals surface area contributed by atoms with E-state index in [0.717, 1.165) is 31.1 Å². The molecule has 0 aromatic heterocycles. The summed E-state index contributed by atoms with van der Waals surface area (Å²) in [6, 6.07) is 13.2. The zero-order valence-corrected chi connectivity index (χ0v) is 13.5. The van der Waals surface area contributed by atoms with E-state index < -0.39 is 5.54 Å². The molecule has 1 fully saturated rings. The summed E-state index contributed by atoms with van der Waals surface area (Å²) in [6.07, 6.45) is 2.69. The summed E-state index contributed by atoms with van der Waals surface area (Å²) in [5.74, 6) is 0.834. The van der Waals surface area contributed by atoms with E-state index in [0.29, 0.717) is 6.04 Å². The minimum atomic E-state index is -0.616. The van der Waals surface area contributed by atoms with Crippen molar-refractivity contribution in [3.8, 4) is 6.07 Å². The quantitative estimate of drug-likeness (QED) is 0.797. The molecule has 21 heavy (non-hydrogen) atoms. The lowest BCUT2D eigenvalue weighted by molar-refractivity contribution is 0.166. The molecule has 0 aliphatic heterocycles. The van der Waals surface area contributed by atoms with Crippen molar-refractivity contribution in [3.05, 3.63) is 35.9 Å². The summed E-state index contributed by atoms with van der Waals surface area (Å²) in [7, 11) is 0. The molecule has 3 heteroatoms. The molecule has 0 amide bonds. The van der Waals surface area contributed by atoms with E-state index in [-0.39, 0.29) is 0 Å². The van der Waals surface area contributed by atoms with Crippen molar-refractivity contribution in [3.63, 3.8) is 0 Å². The van der Waals surface area contributed by atoms with E-state index in [4.69, 9.17) is 0 Å². The van der Waals surface area contributed by atoms with E-state index in [2.05, 4.69) is 49.2 Å². The topological polar surface area (TPSA) is 39.1 Å². The second-order valence-corrected chi connectivity index (χ2v) is 6.38. The first-order chi connectivity index (χ1) is 10.1. The molecule has 1 N–H and O–H groups in total. The highest BCUT2D eigenvalue weighted by atomic mass is 15.2. The summed E-state index contributed by atoms with van der Waals surface area (Å²) in [5.41, 5.74) is 0.450. The number of hydrogen-bond acceptors (Lipinski definition) is 3. The normalized spacial score (nSPS) is 17.7. The lowest BCUT2D eigenvalue weighted by Gasteiger charge is -2.36. The second-order valence-electron chi connectivity index (χ2n) is 6.38. The molecule has 0 saturated heterocycles. The first kappa shape index (κ1) is 16.0. The van der Waals surface area contributed by atoms with Crippen molar-refractivity contribution in [1.29, 1.82) is 5.26 Å². The third-order valence-corrected chi connectivity index (χ3v) is 4.30. The minimum absolute atomic E-state index is 0.459. The van der Waals surface area contributed by atoms with Gasteiger partial charge in [-0.1, -0.05) is 37.3 Å². The van der Waals surface area contributed by atoms with Crippen LogP contribution in [0.25, 0.3) is 0 Å². The van der Waals surface area contributed by atoms with Crippen LogP contribution in [0.15, 0.2) is 30.3 Å². The Morgan fingerprint density at radius 1 is 1.33 bits per heavy atom. The highest BCUT2D eigenvalue weighted by Crippen LogP contribution is 2.32. The van der Waals surface area contributed by atoms with Gasteiger partial charge in [0, 0.05) is 19.1 Å². The van der Waals surface area contributed by atoms with Crippen molar-refractivity contribution >= 4 is 0 Å². The monoisotopic (exact) mass is 285 g/mol. The Hall–Kier alpha value is -1.37. The van der Waals surface area contributed by atoms with Crippen LogP contribution in [0.2, 0.25) is 0 Å². The molecule has 0 radical (unpaired) electrons. The smallest absolute Gasteiger partial charge is 0.145 e. The fourth-order valence-electron chi connectivity index (χ4n) is 2.81. The molecule has 1 saturated carbocycles. The number of likely N-dealkylation sites (N-methyl/N-ethyl adjacent to an activating group) is 1. The van der Waals surface area contributed by atoms with Crippen LogP contribution >= 0.6 is 0 Å². The van der Waals surface area contributed by atoms with Crippen LogP contribution in [0, 0.1) is 17.2 Å². The van der Waals surface area contributed by atoms with Crippen molar-refractivity contribution in [2.45, 2.75) is 45.2 Å². The highest BCUT2D eigenvalue weighted by molar-refractivity contribution is 5.32. The van der Waals surface area contributed by atoms with Crippen molar-refractivity contribution in [2.24, 2.45) is 5.92 Å². The maximum atomic E-state index is 9.90. The number of nitriles is 1. The average Bonchev–Trinajstić information content (AvgIpc) is 3.30. The first-order valence-electron chi connectivity index (χ1n) is 8.07. The van der Waals surface area contributed by atoms with E-state index in [9.17, 15) is 5.26 Å². The fourth-order valence-corrected chi connectivity index (χ4v) is 2.81. The van der Waals surface area contributed by atoms with Crippen LogP contribution in [-0.2, 0) is 5.54 Å². The van der Waals surface area contributed by atoms with Gasteiger partial charge in [-0.05, 0) is 44.7 Å². The molecule has 0 spiro atoms. The predicted octanol–water partition coefficient (Wildman–Crippen LogP) is 3.14. The van der Waals surface area contributed by atoms with E-state index in [1.165, 1.54) is 12.8 Å². The van der Waals surface area contributed by atoms with E-state index in [1.54, 1.807) is 0 Å². The van der Waals surface area contributed by atoms with Gasteiger partial charge in [-0.2, -0.15) is 5.26 Å². The SMILES string of the molecule is CCNC(C#N)(CN(CC1CC1)C(C)C)c1ccccc1. The van der Waals surface area contributed by atoms with Gasteiger partial charge >= 0.3 is 0 Å². The zero-order valence-electron chi connectivity index (χ0n) is 13.5. The largest absolute Gasteiger partial charge is 0.297 e. The maximum absolute atomic E-state index is 9.90. The molecule has 1 aliphatic carbocycles. The van der Waals surface area contributed by atoms with Crippen molar-refractivity contribution < 1.29 is 0 Å². The van der Waals surface area contributed by atoms with Gasteiger partial charge in [-0.15, -0.1) is 0 Å². The number of rotatable bonds is 8. The fraction of sp³-hybridized carbons (Fsp3) is 0.611. The summed E-state index contributed by atoms with van der Waals surface area (Å²) in [5, 5.41) is 13.3. The second kappa shape index (κ2) is 7.06. The van der Waals surface area contributed by atoms with Crippen molar-refractivity contribution in [2.75, 3.05) is 19.6 Å². The Labute approximate surface area is 129 Å². The third-order valence-electron chi connectivity index (χ3n) is 4.30. The molecule has 3 nitrogen and oxygen atoms in total. The molecule has 1 unspecified atom stereocenters. The number of benzene rings is 1. The Balaban J connectivity index is 2.24. The highest BCUT2D eigenvalue weighted by Gasteiger charge is 2.36. The molecule has 114 valence electrons. The maximum Gasteiger partial charge on any atom is 0.145 e. The predicted molar refractivity (Wildman–Crippen MR) is 86.8 cm³/mol. The number of nitrogens with one attached hydrogen (secondary N) is 1. The molecule has 1 aliphatic rings. The van der Waals surface area contributed by atoms with Crippen LogP contribution in [-0.4, -0.2) is 30.6 Å². The molecular weight excluding hydrogens is 258 g/mol. The molecule has 2 rings (SSSR count). The minimum Gasteiger partial charge on any atom is -0.297 e. The van der Waals surface area contributed by atoms with E-state index in [1.807, 2.05) is 18.2 Å². The molecular formula is C18H27N3. The average molecular weight is 285 g/mol. The molecule has 0 heterocycles. The van der Waals surface area contributed by atoms with Gasteiger partial charge in [-0.3, -0.25) is 10.2 Å². The van der Waals surface area contributed by atoms with Gasteiger partial charge in [0.1, 0.15) is 5.54 Å². The molecule has 0 bridgehead atoms. The van der Waals surface area contributed by atoms with Gasteiger partial charge in [0.05, 0.1) is 6.07 Å². The van der Waals surface area contributed by atoms with Gasteiger partial charge in [0.25, 0.3) is 0 Å². The first-order valence-corrected chi connectivity index (χ1v) is 8.07. The molecule has 1 aromatic rings. The Bertz CT molecular complexity index is 473. The number of nitrogens with zero attached hydrogens (tertiary/aromatic N) is 2. The standard InChI is InChI=1S/C18H27N3/c1-4-20-18(13-19,17-8-6-5-7-9-17)14-21(15(2)3)12-16-10-11-16/h5-9,15-16,20H,4,10-12,14H2,1-3H3. The van der Waals surface area contributed by atoms with Gasteiger partial charge < -0.3 is 0 Å². The number of hydrogen-bond donors (Lipinski definition) is 1. The summed E-state index contributed by atoms with van der Waals surface area (Å²) < 4.78 is 0. The van der Waals surface area contributed by atoms with Gasteiger partial charge in [0.2, 0.25) is 0 Å². The van der Waals surface area contributed by atoms with Gasteiger partial charge in [0.15, 0.2) is 0 Å². The van der Waals surface area contributed by atoms with Gasteiger partial charge in [-0.25, -0.2) is 0 Å².